The number of aromatic nitrogens is 4. The quantitative estimate of drug-likeness (QED) is 0.653. The highest BCUT2D eigenvalue weighted by atomic mass is 16.6. The van der Waals surface area contributed by atoms with Crippen molar-refractivity contribution in [2.24, 2.45) is 0 Å². The Labute approximate surface area is 192 Å². The Morgan fingerprint density at radius 2 is 1.76 bits per heavy atom. The summed E-state index contributed by atoms with van der Waals surface area (Å²) in [5.41, 5.74) is 0.693. The smallest absolute Gasteiger partial charge is 0.410 e. The molecule has 4 rings (SSSR count). The van der Waals surface area contributed by atoms with Crippen molar-refractivity contribution in [3.05, 3.63) is 52.8 Å². The number of likely N-dealkylation sites (tertiary alicyclic amines) is 1. The van der Waals surface area contributed by atoms with Gasteiger partial charge in [-0.1, -0.05) is 17.7 Å². The number of hydrogen-bond donors (Lipinski definition) is 1. The number of hydrogen-bond acceptors (Lipinski definition) is 6. The van der Waals surface area contributed by atoms with Crippen molar-refractivity contribution in [3.8, 4) is 5.69 Å². The van der Waals surface area contributed by atoms with Gasteiger partial charge in [0, 0.05) is 18.8 Å². The molecule has 1 atom stereocenters. The number of imidazole rings is 1. The minimum Gasteiger partial charge on any atom is -0.444 e. The van der Waals surface area contributed by atoms with Crippen LogP contribution >= 0.6 is 0 Å². The molecular formula is C24H31N5O4. The van der Waals surface area contributed by atoms with Gasteiger partial charge in [-0.2, -0.15) is 0 Å². The van der Waals surface area contributed by atoms with E-state index in [1.807, 2.05) is 52.0 Å². The van der Waals surface area contributed by atoms with Gasteiger partial charge in [0.05, 0.1) is 11.6 Å². The van der Waals surface area contributed by atoms with E-state index < -0.39 is 17.2 Å². The molecular weight excluding hydrogens is 422 g/mol. The van der Waals surface area contributed by atoms with Crippen LogP contribution < -0.4 is 5.56 Å². The summed E-state index contributed by atoms with van der Waals surface area (Å²) in [4.78, 5) is 36.0. The highest BCUT2D eigenvalue weighted by Gasteiger charge is 2.41. The van der Waals surface area contributed by atoms with Crippen molar-refractivity contribution in [1.29, 1.82) is 0 Å². The maximum absolute atomic E-state index is 13.2. The summed E-state index contributed by atoms with van der Waals surface area (Å²) < 4.78 is 8.65. The lowest BCUT2D eigenvalue weighted by Gasteiger charge is -2.42. The molecule has 1 fully saturated rings. The van der Waals surface area contributed by atoms with Gasteiger partial charge in [-0.15, -0.1) is 0 Å². The summed E-state index contributed by atoms with van der Waals surface area (Å²) in [6, 6.07) is 7.35. The van der Waals surface area contributed by atoms with Gasteiger partial charge < -0.3 is 14.7 Å². The van der Waals surface area contributed by atoms with E-state index in [1.54, 1.807) is 22.7 Å². The van der Waals surface area contributed by atoms with E-state index in [0.717, 1.165) is 11.3 Å². The summed E-state index contributed by atoms with van der Waals surface area (Å²) in [6.45, 7) is 9.98. The number of ether oxygens (including phenoxy) is 1. The minimum atomic E-state index is -1.16. The summed E-state index contributed by atoms with van der Waals surface area (Å²) in [5.74, 6) is 0. The Hall–Kier alpha value is -3.20. The number of rotatable bonds is 3. The molecule has 3 aromatic rings. The molecule has 1 saturated heterocycles. The molecule has 33 heavy (non-hydrogen) atoms. The second-order valence-corrected chi connectivity index (χ2v) is 9.83. The fourth-order valence-corrected chi connectivity index (χ4v) is 4.16. The molecule has 0 bridgehead atoms. The molecule has 0 saturated carbocycles. The van der Waals surface area contributed by atoms with Crippen molar-refractivity contribution in [1.82, 2.24) is 24.0 Å². The maximum atomic E-state index is 13.2. The average molecular weight is 454 g/mol. The number of carbonyl (C=O) groups is 1. The van der Waals surface area contributed by atoms with E-state index in [-0.39, 0.29) is 17.2 Å². The maximum Gasteiger partial charge on any atom is 0.410 e. The van der Waals surface area contributed by atoms with E-state index in [1.165, 1.54) is 10.9 Å². The zero-order valence-corrected chi connectivity index (χ0v) is 19.8. The lowest BCUT2D eigenvalue weighted by atomic mass is 9.85. The van der Waals surface area contributed by atoms with Gasteiger partial charge in [0.15, 0.2) is 11.2 Å². The largest absolute Gasteiger partial charge is 0.444 e. The van der Waals surface area contributed by atoms with Crippen LogP contribution in [0.4, 0.5) is 4.79 Å². The van der Waals surface area contributed by atoms with Crippen LogP contribution in [0.5, 0.6) is 0 Å². The summed E-state index contributed by atoms with van der Waals surface area (Å²) >= 11 is 0. The second-order valence-electron chi connectivity index (χ2n) is 9.83. The van der Waals surface area contributed by atoms with Crippen LogP contribution in [0.25, 0.3) is 16.9 Å². The van der Waals surface area contributed by atoms with Crippen LogP contribution in [-0.2, 0) is 4.74 Å². The number of aliphatic hydroxyl groups is 1. The molecule has 1 aliphatic rings. The predicted molar refractivity (Wildman–Crippen MR) is 125 cm³/mol. The normalized spacial score (nSPS) is 17.2. The first-order chi connectivity index (χ1) is 15.5. The lowest BCUT2D eigenvalue weighted by molar-refractivity contribution is -0.0607. The molecule has 9 nitrogen and oxygen atoms in total. The monoisotopic (exact) mass is 453 g/mol. The van der Waals surface area contributed by atoms with Crippen LogP contribution in [-0.4, -0.2) is 59.5 Å². The summed E-state index contributed by atoms with van der Waals surface area (Å²) in [5, 5.41) is 11.3. The molecule has 1 amide bonds. The first-order valence-corrected chi connectivity index (χ1v) is 11.2. The fourth-order valence-electron chi connectivity index (χ4n) is 4.16. The van der Waals surface area contributed by atoms with Gasteiger partial charge >= 0.3 is 6.09 Å². The van der Waals surface area contributed by atoms with Crippen LogP contribution in [0.3, 0.4) is 0 Å². The number of nitrogens with zero attached hydrogens (tertiary/aromatic N) is 5. The average Bonchev–Trinajstić information content (AvgIpc) is 3.18. The zero-order chi connectivity index (χ0) is 24.0. The first kappa shape index (κ1) is 23.0. The molecule has 1 aliphatic heterocycles. The Morgan fingerprint density at radius 1 is 1.12 bits per heavy atom. The van der Waals surface area contributed by atoms with E-state index in [0.29, 0.717) is 31.6 Å². The molecule has 2 aromatic heterocycles. The van der Waals surface area contributed by atoms with Crippen LogP contribution in [0.15, 0.2) is 41.7 Å². The van der Waals surface area contributed by atoms with Gasteiger partial charge in [-0.05, 0) is 59.6 Å². The number of benzene rings is 1. The number of amides is 1. The van der Waals surface area contributed by atoms with Gasteiger partial charge in [0.1, 0.15) is 18.3 Å². The van der Waals surface area contributed by atoms with Crippen LogP contribution in [0.1, 0.15) is 52.1 Å². The van der Waals surface area contributed by atoms with Gasteiger partial charge in [0.2, 0.25) is 0 Å². The van der Waals surface area contributed by atoms with E-state index in [2.05, 4.69) is 9.97 Å². The minimum absolute atomic E-state index is 0.250. The van der Waals surface area contributed by atoms with Crippen LogP contribution in [0.2, 0.25) is 0 Å². The number of fused-ring (bicyclic) bond motifs is 1. The van der Waals surface area contributed by atoms with Crippen LogP contribution in [0, 0.1) is 6.92 Å². The zero-order valence-electron chi connectivity index (χ0n) is 19.8. The highest BCUT2D eigenvalue weighted by molar-refractivity contribution is 5.71. The standard InChI is InChI=1S/C24H31N5O4/c1-16-6-8-18(9-7-16)29-14-25-19-20(29)26-15-28(21(19)30)17(2)24(32)10-12-27(13-11-24)22(31)33-23(3,4)5/h6-9,14-15,17,32H,10-13H2,1-5H3. The Kier molecular flexibility index (Phi) is 5.78. The number of piperidine rings is 1. The third-order valence-corrected chi connectivity index (χ3v) is 6.27. The van der Waals surface area contributed by atoms with Crippen molar-refractivity contribution >= 4 is 17.3 Å². The molecule has 1 unspecified atom stereocenters. The molecule has 3 heterocycles. The number of carbonyl (C=O) groups excluding carboxylic acids is 1. The second kappa shape index (κ2) is 8.30. The SMILES string of the molecule is Cc1ccc(-n2cnc3c(=O)n(C(C)C4(O)CCN(C(=O)OC(C)(C)C)CC4)cnc32)cc1. The Bertz CT molecular complexity index is 1210. The highest BCUT2D eigenvalue weighted by Crippen LogP contribution is 2.33. The van der Waals surface area contributed by atoms with Crippen molar-refractivity contribution in [2.45, 2.75) is 64.7 Å². The van der Waals surface area contributed by atoms with E-state index in [4.69, 9.17) is 4.74 Å². The molecule has 176 valence electrons. The Balaban J connectivity index is 1.55. The van der Waals surface area contributed by atoms with E-state index >= 15 is 0 Å². The van der Waals surface area contributed by atoms with Crippen molar-refractivity contribution in [3.63, 3.8) is 0 Å². The fraction of sp³-hybridized carbons (Fsp3) is 0.500. The van der Waals surface area contributed by atoms with Gasteiger partial charge in [-0.3, -0.25) is 13.9 Å². The predicted octanol–water partition coefficient (Wildman–Crippen LogP) is 3.21. The Morgan fingerprint density at radius 3 is 2.36 bits per heavy atom. The summed E-state index contributed by atoms with van der Waals surface area (Å²) in [7, 11) is 0. The molecule has 1 N–H and O–H groups in total. The first-order valence-electron chi connectivity index (χ1n) is 11.2. The van der Waals surface area contributed by atoms with Crippen molar-refractivity contribution < 1.29 is 14.6 Å². The molecule has 1 aromatic carbocycles. The van der Waals surface area contributed by atoms with Gasteiger partial charge in [-0.25, -0.2) is 14.8 Å². The van der Waals surface area contributed by atoms with Crippen molar-refractivity contribution in [2.75, 3.05) is 13.1 Å². The third-order valence-electron chi connectivity index (χ3n) is 6.27. The molecule has 0 spiro atoms. The number of aryl methyl sites for hydroxylation is 1. The topological polar surface area (TPSA) is 102 Å². The molecule has 0 radical (unpaired) electrons. The van der Waals surface area contributed by atoms with Gasteiger partial charge in [0.25, 0.3) is 5.56 Å². The van der Waals surface area contributed by atoms with E-state index in [9.17, 15) is 14.7 Å². The lowest BCUT2D eigenvalue weighted by Crippen LogP contribution is -2.52. The molecule has 9 heteroatoms. The summed E-state index contributed by atoms with van der Waals surface area (Å²) in [6.07, 6.45) is 3.33. The molecule has 0 aliphatic carbocycles. The third kappa shape index (κ3) is 4.50.